The van der Waals surface area contributed by atoms with Gasteiger partial charge in [-0.15, -0.1) is 0 Å². The molecule has 0 bridgehead atoms. The van der Waals surface area contributed by atoms with Crippen LogP contribution >= 0.6 is 0 Å². The van der Waals surface area contributed by atoms with E-state index in [1.165, 1.54) is 4.68 Å². The molecule has 5 heteroatoms. The highest BCUT2D eigenvalue weighted by Gasteiger charge is 2.04. The molecule has 2 aromatic rings. The van der Waals surface area contributed by atoms with E-state index in [4.69, 9.17) is 0 Å². The zero-order valence-electron chi connectivity index (χ0n) is 7.79. The van der Waals surface area contributed by atoms with Crippen LogP contribution in [-0.2, 0) is 6.54 Å². The molecule has 2 rings (SSSR count). The van der Waals surface area contributed by atoms with Crippen molar-refractivity contribution in [2.24, 2.45) is 0 Å². The third kappa shape index (κ3) is 1.32. The highest BCUT2D eigenvalue weighted by atomic mass is 16.1. The summed E-state index contributed by atoms with van der Waals surface area (Å²) in [6, 6.07) is 1.75. The van der Waals surface area contributed by atoms with E-state index in [0.29, 0.717) is 12.4 Å². The third-order valence-corrected chi connectivity index (χ3v) is 1.96. The monoisotopic (exact) mass is 190 g/mol. The van der Waals surface area contributed by atoms with Crippen molar-refractivity contribution in [2.45, 2.75) is 13.5 Å². The van der Waals surface area contributed by atoms with Crippen LogP contribution in [0.5, 0.6) is 0 Å². The summed E-state index contributed by atoms with van der Waals surface area (Å²) in [6.45, 7) is 2.55. The standard InChI is InChI=1S/C9H10N4O/c1-2-12-7-5-10-8(9(12)14)13-6-3-4-11-13/h3-7H,2H2,1H3. The maximum absolute atomic E-state index is 11.7. The summed E-state index contributed by atoms with van der Waals surface area (Å²) < 4.78 is 3.05. The first kappa shape index (κ1) is 8.68. The van der Waals surface area contributed by atoms with E-state index in [1.54, 1.807) is 35.4 Å². The lowest BCUT2D eigenvalue weighted by Gasteiger charge is -2.03. The zero-order chi connectivity index (χ0) is 9.97. The molecule has 0 fully saturated rings. The normalized spacial score (nSPS) is 10.4. The summed E-state index contributed by atoms with van der Waals surface area (Å²) >= 11 is 0. The van der Waals surface area contributed by atoms with Crippen LogP contribution in [0.15, 0.2) is 35.6 Å². The van der Waals surface area contributed by atoms with Crippen LogP contribution in [0, 0.1) is 0 Å². The van der Waals surface area contributed by atoms with E-state index in [-0.39, 0.29) is 5.56 Å². The van der Waals surface area contributed by atoms with Gasteiger partial charge < -0.3 is 4.57 Å². The van der Waals surface area contributed by atoms with Gasteiger partial charge in [-0.3, -0.25) is 4.79 Å². The highest BCUT2D eigenvalue weighted by molar-refractivity contribution is 5.16. The molecule has 2 aromatic heterocycles. The van der Waals surface area contributed by atoms with E-state index >= 15 is 0 Å². The Balaban J connectivity index is 2.60. The maximum Gasteiger partial charge on any atom is 0.295 e. The van der Waals surface area contributed by atoms with Crippen molar-refractivity contribution >= 4 is 0 Å². The number of rotatable bonds is 2. The fourth-order valence-electron chi connectivity index (χ4n) is 1.24. The summed E-state index contributed by atoms with van der Waals surface area (Å²) in [5.74, 6) is 0.333. The molecule has 0 aromatic carbocycles. The Morgan fingerprint density at radius 2 is 2.21 bits per heavy atom. The summed E-state index contributed by atoms with van der Waals surface area (Å²) in [5.41, 5.74) is -0.126. The Kier molecular flexibility index (Phi) is 2.14. The van der Waals surface area contributed by atoms with Gasteiger partial charge in [0.1, 0.15) is 0 Å². The lowest BCUT2D eigenvalue weighted by molar-refractivity contribution is 0.693. The molecule has 0 amide bonds. The molecule has 0 atom stereocenters. The zero-order valence-corrected chi connectivity index (χ0v) is 7.79. The second kappa shape index (κ2) is 3.45. The first-order chi connectivity index (χ1) is 6.83. The Morgan fingerprint density at radius 1 is 1.36 bits per heavy atom. The van der Waals surface area contributed by atoms with Gasteiger partial charge in [-0.05, 0) is 13.0 Å². The molecule has 2 heterocycles. The van der Waals surface area contributed by atoms with Crippen LogP contribution in [-0.4, -0.2) is 19.3 Å². The van der Waals surface area contributed by atoms with Crippen molar-refractivity contribution < 1.29 is 0 Å². The summed E-state index contributed by atoms with van der Waals surface area (Å²) in [4.78, 5) is 15.7. The van der Waals surface area contributed by atoms with E-state index < -0.39 is 0 Å². The number of aryl methyl sites for hydroxylation is 1. The minimum absolute atomic E-state index is 0.126. The fraction of sp³-hybridized carbons (Fsp3) is 0.222. The molecule has 0 aliphatic rings. The lowest BCUT2D eigenvalue weighted by Crippen LogP contribution is -2.24. The van der Waals surface area contributed by atoms with Crippen molar-refractivity contribution in [3.05, 3.63) is 41.2 Å². The molecule has 0 aliphatic heterocycles. The molecular weight excluding hydrogens is 180 g/mol. The number of nitrogens with zero attached hydrogens (tertiary/aromatic N) is 4. The topological polar surface area (TPSA) is 52.7 Å². The Hall–Kier alpha value is -1.91. The molecule has 0 N–H and O–H groups in total. The molecule has 0 unspecified atom stereocenters. The number of hydrogen-bond acceptors (Lipinski definition) is 3. The molecule has 5 nitrogen and oxygen atoms in total. The average molecular weight is 190 g/mol. The minimum Gasteiger partial charge on any atom is -0.311 e. The number of hydrogen-bond donors (Lipinski definition) is 0. The van der Waals surface area contributed by atoms with Gasteiger partial charge in [0.2, 0.25) is 5.82 Å². The highest BCUT2D eigenvalue weighted by Crippen LogP contribution is 1.94. The average Bonchev–Trinajstić information content (AvgIpc) is 2.71. The van der Waals surface area contributed by atoms with E-state index in [2.05, 4.69) is 10.1 Å². The van der Waals surface area contributed by atoms with Gasteiger partial charge >= 0.3 is 0 Å². The van der Waals surface area contributed by atoms with Crippen molar-refractivity contribution in [3.63, 3.8) is 0 Å². The largest absolute Gasteiger partial charge is 0.311 e. The van der Waals surface area contributed by atoms with Crippen LogP contribution in [0.25, 0.3) is 5.82 Å². The van der Waals surface area contributed by atoms with Gasteiger partial charge in [-0.2, -0.15) is 5.10 Å². The molecule has 0 saturated carbocycles. The third-order valence-electron chi connectivity index (χ3n) is 1.96. The second-order valence-electron chi connectivity index (χ2n) is 2.79. The van der Waals surface area contributed by atoms with Gasteiger partial charge in [0.05, 0.1) is 0 Å². The van der Waals surface area contributed by atoms with E-state index in [0.717, 1.165) is 0 Å². The van der Waals surface area contributed by atoms with E-state index in [1.807, 2.05) is 6.92 Å². The molecule has 0 radical (unpaired) electrons. The number of aromatic nitrogens is 4. The Bertz CT molecular complexity index is 472. The van der Waals surface area contributed by atoms with Crippen LogP contribution in [0.3, 0.4) is 0 Å². The predicted octanol–water partition coefficient (Wildman–Crippen LogP) is 0.449. The van der Waals surface area contributed by atoms with Gasteiger partial charge in [-0.25, -0.2) is 9.67 Å². The summed E-state index contributed by atoms with van der Waals surface area (Å²) in [6.07, 6.45) is 6.57. The molecule has 0 spiro atoms. The molecule has 0 aliphatic carbocycles. The SMILES string of the molecule is CCn1ccnc(-n2cccn2)c1=O. The predicted molar refractivity (Wildman–Crippen MR) is 51.3 cm³/mol. The van der Waals surface area contributed by atoms with Crippen LogP contribution in [0.2, 0.25) is 0 Å². The van der Waals surface area contributed by atoms with Crippen molar-refractivity contribution in [2.75, 3.05) is 0 Å². The quantitative estimate of drug-likeness (QED) is 0.690. The van der Waals surface area contributed by atoms with Gasteiger partial charge in [0, 0.05) is 31.3 Å². The molecule has 72 valence electrons. The maximum atomic E-state index is 11.7. The first-order valence-electron chi connectivity index (χ1n) is 4.38. The first-order valence-corrected chi connectivity index (χ1v) is 4.38. The van der Waals surface area contributed by atoms with Crippen molar-refractivity contribution in [3.8, 4) is 5.82 Å². The summed E-state index contributed by atoms with van der Waals surface area (Å²) in [5, 5.41) is 3.96. The molecule has 14 heavy (non-hydrogen) atoms. The van der Waals surface area contributed by atoms with Crippen LogP contribution in [0.1, 0.15) is 6.92 Å². The Labute approximate surface area is 80.6 Å². The van der Waals surface area contributed by atoms with Crippen LogP contribution < -0.4 is 5.56 Å². The molecule has 0 saturated heterocycles. The van der Waals surface area contributed by atoms with Gasteiger partial charge in [-0.1, -0.05) is 0 Å². The van der Waals surface area contributed by atoms with E-state index in [9.17, 15) is 4.79 Å². The van der Waals surface area contributed by atoms with Gasteiger partial charge in [0.25, 0.3) is 5.56 Å². The Morgan fingerprint density at radius 3 is 2.86 bits per heavy atom. The lowest BCUT2D eigenvalue weighted by atomic mass is 10.5. The fourth-order valence-corrected chi connectivity index (χ4v) is 1.24. The van der Waals surface area contributed by atoms with Crippen molar-refractivity contribution in [1.82, 2.24) is 19.3 Å². The van der Waals surface area contributed by atoms with Crippen molar-refractivity contribution in [1.29, 1.82) is 0 Å². The second-order valence-corrected chi connectivity index (χ2v) is 2.79. The summed E-state index contributed by atoms with van der Waals surface area (Å²) in [7, 11) is 0. The smallest absolute Gasteiger partial charge is 0.295 e. The molecular formula is C9H10N4O. The van der Waals surface area contributed by atoms with Gasteiger partial charge in [0.15, 0.2) is 0 Å². The minimum atomic E-state index is -0.126. The van der Waals surface area contributed by atoms with Crippen LogP contribution in [0.4, 0.5) is 0 Å².